The molecule has 0 spiro atoms. The van der Waals surface area contributed by atoms with Crippen LogP contribution in [0.3, 0.4) is 0 Å². The molecule has 0 bridgehead atoms. The van der Waals surface area contributed by atoms with Gasteiger partial charge in [-0.25, -0.2) is 0 Å². The van der Waals surface area contributed by atoms with Gasteiger partial charge < -0.3 is 0 Å². The Kier molecular flexibility index (Phi) is 3.61. The Bertz CT molecular complexity index is 213. The first kappa shape index (κ1) is 10.8. The summed E-state index contributed by atoms with van der Waals surface area (Å²) >= 11 is 6.17. The average molecular weight is 199 g/mol. The molecule has 1 aliphatic carbocycles. The maximum Gasteiger partial charge on any atom is 0.0523 e. The van der Waals surface area contributed by atoms with E-state index in [1.54, 1.807) is 0 Å². The Labute approximate surface area is 86.7 Å². The van der Waals surface area contributed by atoms with E-state index in [9.17, 15) is 0 Å². The standard InChI is InChI=1S/C12H19Cl/c1-4-5-6-10-7-11(13)9-12(2,3)8-10/h4,7,11H,1,5-6,8-9H2,2-3H3. The highest BCUT2D eigenvalue weighted by Gasteiger charge is 2.26. The van der Waals surface area contributed by atoms with Crippen LogP contribution in [-0.4, -0.2) is 5.38 Å². The van der Waals surface area contributed by atoms with Crippen LogP contribution in [0.5, 0.6) is 0 Å². The van der Waals surface area contributed by atoms with Gasteiger partial charge in [0.1, 0.15) is 0 Å². The molecule has 0 fully saturated rings. The SMILES string of the molecule is C=CCCC1=CC(Cl)CC(C)(C)C1. The highest BCUT2D eigenvalue weighted by molar-refractivity contribution is 6.21. The largest absolute Gasteiger partial charge is 0.118 e. The van der Waals surface area contributed by atoms with Crippen molar-refractivity contribution in [1.29, 1.82) is 0 Å². The summed E-state index contributed by atoms with van der Waals surface area (Å²) in [5.74, 6) is 0. The van der Waals surface area contributed by atoms with E-state index in [4.69, 9.17) is 11.6 Å². The molecule has 0 amide bonds. The van der Waals surface area contributed by atoms with Crippen molar-refractivity contribution in [1.82, 2.24) is 0 Å². The van der Waals surface area contributed by atoms with E-state index < -0.39 is 0 Å². The minimum absolute atomic E-state index is 0.239. The van der Waals surface area contributed by atoms with Crippen LogP contribution in [-0.2, 0) is 0 Å². The number of hydrogen-bond donors (Lipinski definition) is 0. The summed E-state index contributed by atoms with van der Waals surface area (Å²) in [6.45, 7) is 8.33. The van der Waals surface area contributed by atoms with Gasteiger partial charge in [0.15, 0.2) is 0 Å². The summed E-state index contributed by atoms with van der Waals surface area (Å²) in [6, 6.07) is 0. The average Bonchev–Trinajstić information content (AvgIpc) is 1.97. The summed E-state index contributed by atoms with van der Waals surface area (Å²) in [5, 5.41) is 0.239. The molecule has 0 aromatic carbocycles. The zero-order chi connectivity index (χ0) is 9.90. The molecule has 0 saturated carbocycles. The lowest BCUT2D eigenvalue weighted by Crippen LogP contribution is -2.22. The molecule has 0 nitrogen and oxygen atoms in total. The first-order valence-electron chi connectivity index (χ1n) is 4.98. The first-order chi connectivity index (χ1) is 6.03. The van der Waals surface area contributed by atoms with Gasteiger partial charge in [-0.2, -0.15) is 0 Å². The third-order valence-electron chi connectivity index (χ3n) is 2.54. The van der Waals surface area contributed by atoms with Crippen molar-refractivity contribution >= 4 is 11.6 Å². The topological polar surface area (TPSA) is 0 Å². The fourth-order valence-electron chi connectivity index (χ4n) is 2.05. The van der Waals surface area contributed by atoms with Gasteiger partial charge in [0.2, 0.25) is 0 Å². The first-order valence-corrected chi connectivity index (χ1v) is 5.42. The summed E-state index contributed by atoms with van der Waals surface area (Å²) in [6.07, 6.45) is 8.72. The van der Waals surface area contributed by atoms with Crippen molar-refractivity contribution in [2.75, 3.05) is 0 Å². The lowest BCUT2D eigenvalue weighted by Gasteiger charge is -2.32. The van der Waals surface area contributed by atoms with Crippen molar-refractivity contribution < 1.29 is 0 Å². The predicted octanol–water partition coefficient (Wildman–Crippen LogP) is 4.31. The molecule has 0 aromatic heterocycles. The normalized spacial score (nSPS) is 26.7. The smallest absolute Gasteiger partial charge is 0.0523 e. The molecule has 0 N–H and O–H groups in total. The van der Waals surface area contributed by atoms with Crippen LogP contribution in [0.2, 0.25) is 0 Å². The summed E-state index contributed by atoms with van der Waals surface area (Å²) in [4.78, 5) is 0. The number of hydrogen-bond acceptors (Lipinski definition) is 0. The van der Waals surface area contributed by atoms with E-state index in [0.717, 1.165) is 19.3 Å². The second kappa shape index (κ2) is 4.32. The van der Waals surface area contributed by atoms with Crippen molar-refractivity contribution in [3.63, 3.8) is 0 Å². The molecule has 0 heterocycles. The van der Waals surface area contributed by atoms with E-state index in [0.29, 0.717) is 5.41 Å². The molecule has 0 radical (unpaired) electrons. The van der Waals surface area contributed by atoms with E-state index in [1.807, 2.05) is 6.08 Å². The van der Waals surface area contributed by atoms with Gasteiger partial charge in [-0.05, 0) is 31.1 Å². The van der Waals surface area contributed by atoms with Gasteiger partial charge in [-0.1, -0.05) is 31.6 Å². The summed E-state index contributed by atoms with van der Waals surface area (Å²) in [5.41, 5.74) is 1.90. The minimum atomic E-state index is 0.239. The van der Waals surface area contributed by atoms with Crippen LogP contribution < -0.4 is 0 Å². The van der Waals surface area contributed by atoms with Crippen LogP contribution in [0.1, 0.15) is 39.5 Å². The third kappa shape index (κ3) is 3.56. The number of rotatable bonds is 3. The fraction of sp³-hybridized carbons (Fsp3) is 0.667. The third-order valence-corrected chi connectivity index (χ3v) is 2.82. The van der Waals surface area contributed by atoms with E-state index in [-0.39, 0.29) is 5.38 Å². The number of allylic oxidation sites excluding steroid dienone is 3. The van der Waals surface area contributed by atoms with E-state index in [2.05, 4.69) is 26.5 Å². The van der Waals surface area contributed by atoms with Gasteiger partial charge in [0.25, 0.3) is 0 Å². The van der Waals surface area contributed by atoms with Gasteiger partial charge in [0.05, 0.1) is 5.38 Å². The molecule has 1 heteroatoms. The Morgan fingerprint density at radius 2 is 2.38 bits per heavy atom. The van der Waals surface area contributed by atoms with Gasteiger partial charge in [-0.15, -0.1) is 18.2 Å². The lowest BCUT2D eigenvalue weighted by molar-refractivity contribution is 0.319. The molecule has 1 aliphatic rings. The molecular formula is C12H19Cl. The van der Waals surface area contributed by atoms with Crippen molar-refractivity contribution in [3.8, 4) is 0 Å². The number of halogens is 1. The van der Waals surface area contributed by atoms with Gasteiger partial charge >= 0.3 is 0 Å². The van der Waals surface area contributed by atoms with Crippen LogP contribution in [0, 0.1) is 5.41 Å². The molecule has 13 heavy (non-hydrogen) atoms. The van der Waals surface area contributed by atoms with E-state index >= 15 is 0 Å². The van der Waals surface area contributed by atoms with Crippen LogP contribution in [0.15, 0.2) is 24.3 Å². The van der Waals surface area contributed by atoms with E-state index in [1.165, 1.54) is 12.0 Å². The Morgan fingerprint density at radius 1 is 1.69 bits per heavy atom. The Morgan fingerprint density at radius 3 is 2.92 bits per heavy atom. The minimum Gasteiger partial charge on any atom is -0.118 e. The summed E-state index contributed by atoms with van der Waals surface area (Å²) < 4.78 is 0. The molecule has 1 rings (SSSR count). The lowest BCUT2D eigenvalue weighted by atomic mass is 9.76. The molecule has 1 atom stereocenters. The molecule has 1 unspecified atom stereocenters. The van der Waals surface area contributed by atoms with Crippen molar-refractivity contribution in [2.24, 2.45) is 5.41 Å². The van der Waals surface area contributed by atoms with Crippen LogP contribution in [0.25, 0.3) is 0 Å². The van der Waals surface area contributed by atoms with Crippen molar-refractivity contribution in [3.05, 3.63) is 24.3 Å². The number of alkyl halides is 1. The molecular weight excluding hydrogens is 180 g/mol. The molecule has 0 aromatic rings. The van der Waals surface area contributed by atoms with Crippen LogP contribution in [0.4, 0.5) is 0 Å². The zero-order valence-corrected chi connectivity index (χ0v) is 9.40. The van der Waals surface area contributed by atoms with Crippen molar-refractivity contribution in [2.45, 2.75) is 44.9 Å². The van der Waals surface area contributed by atoms with Gasteiger partial charge in [0, 0.05) is 0 Å². The Hall–Kier alpha value is -0.230. The molecule has 0 saturated heterocycles. The predicted molar refractivity (Wildman–Crippen MR) is 60.2 cm³/mol. The zero-order valence-electron chi connectivity index (χ0n) is 8.65. The van der Waals surface area contributed by atoms with Crippen LogP contribution >= 0.6 is 11.6 Å². The molecule has 74 valence electrons. The second-order valence-electron chi connectivity index (χ2n) is 4.71. The Balaban J connectivity index is 2.58. The maximum absolute atomic E-state index is 6.17. The van der Waals surface area contributed by atoms with Gasteiger partial charge in [-0.3, -0.25) is 0 Å². The second-order valence-corrected chi connectivity index (χ2v) is 5.27. The monoisotopic (exact) mass is 198 g/mol. The summed E-state index contributed by atoms with van der Waals surface area (Å²) in [7, 11) is 0. The highest BCUT2D eigenvalue weighted by atomic mass is 35.5. The molecule has 0 aliphatic heterocycles. The fourth-order valence-corrected chi connectivity index (χ4v) is 2.64. The highest BCUT2D eigenvalue weighted by Crippen LogP contribution is 2.38. The maximum atomic E-state index is 6.17. The quantitative estimate of drug-likeness (QED) is 0.469.